The van der Waals surface area contributed by atoms with Crippen molar-refractivity contribution in [2.75, 3.05) is 0 Å². The minimum Gasteiger partial charge on any atom is -0.489 e. The van der Waals surface area contributed by atoms with Crippen LogP contribution in [0.25, 0.3) is 33.2 Å². The van der Waals surface area contributed by atoms with Gasteiger partial charge in [0.05, 0.1) is 11.1 Å². The first kappa shape index (κ1) is 25.1. The van der Waals surface area contributed by atoms with Gasteiger partial charge in [0.15, 0.2) is 0 Å². The maximum absolute atomic E-state index is 13.8. The molecule has 0 bridgehead atoms. The van der Waals surface area contributed by atoms with Crippen LogP contribution >= 0.6 is 23.2 Å². The maximum Gasteiger partial charge on any atom is 0.418 e. The van der Waals surface area contributed by atoms with Gasteiger partial charge in [-0.1, -0.05) is 77.8 Å². The Kier molecular flexibility index (Phi) is 6.84. The number of nitrogens with zero attached hydrogens (tertiary/aromatic N) is 1. The van der Waals surface area contributed by atoms with E-state index in [0.29, 0.717) is 37.9 Å². The molecule has 1 aromatic heterocycles. The molecule has 2 nitrogen and oxygen atoms in total. The van der Waals surface area contributed by atoms with Crippen molar-refractivity contribution in [3.8, 4) is 28.0 Å². The quantitative estimate of drug-likeness (QED) is 0.222. The molecule has 0 unspecified atom stereocenters. The van der Waals surface area contributed by atoms with Gasteiger partial charge in [0.1, 0.15) is 12.4 Å². The van der Waals surface area contributed by atoms with Gasteiger partial charge in [-0.2, -0.15) is 13.2 Å². The van der Waals surface area contributed by atoms with Crippen molar-refractivity contribution in [1.82, 2.24) is 4.98 Å². The molecule has 0 N–H and O–H groups in total. The Labute approximate surface area is 222 Å². The van der Waals surface area contributed by atoms with Gasteiger partial charge in [-0.15, -0.1) is 0 Å². The van der Waals surface area contributed by atoms with E-state index in [4.69, 9.17) is 27.9 Å². The molecule has 0 aliphatic carbocycles. The standard InChI is InChI=1S/C30H20Cl2F3NO/c1-18-7-2-3-10-21(18)23-16-36-29-22(11-5-12-25(29)30(33,34)35)28(23)19-8-4-9-20(15-19)37-17-24-26(31)13-6-14-27(24)32/h2-16H,17H2,1H3. The molecule has 0 amide bonds. The lowest BCUT2D eigenvalue weighted by Crippen LogP contribution is -2.07. The number of halogens is 5. The van der Waals surface area contributed by atoms with Gasteiger partial charge in [-0.25, -0.2) is 0 Å². The zero-order chi connectivity index (χ0) is 26.2. The van der Waals surface area contributed by atoms with Crippen molar-refractivity contribution in [1.29, 1.82) is 0 Å². The number of benzene rings is 4. The molecular formula is C30H20Cl2F3NO. The van der Waals surface area contributed by atoms with E-state index in [1.54, 1.807) is 36.4 Å². The molecule has 5 rings (SSSR count). The van der Waals surface area contributed by atoms with Gasteiger partial charge in [0.2, 0.25) is 0 Å². The largest absolute Gasteiger partial charge is 0.489 e. The van der Waals surface area contributed by atoms with Crippen LogP contribution in [-0.2, 0) is 12.8 Å². The number of rotatable bonds is 5. The molecular weight excluding hydrogens is 518 g/mol. The molecule has 0 atom stereocenters. The molecule has 7 heteroatoms. The first-order chi connectivity index (χ1) is 17.7. The number of ether oxygens (including phenoxy) is 1. The third-order valence-corrected chi connectivity index (χ3v) is 6.91. The second kappa shape index (κ2) is 10.1. The lowest BCUT2D eigenvalue weighted by atomic mass is 9.90. The Bertz CT molecular complexity index is 1590. The van der Waals surface area contributed by atoms with Crippen LogP contribution in [0.2, 0.25) is 10.0 Å². The second-order valence-corrected chi connectivity index (χ2v) is 9.39. The van der Waals surface area contributed by atoms with Crippen molar-refractivity contribution in [2.24, 2.45) is 0 Å². The molecule has 0 aliphatic rings. The van der Waals surface area contributed by atoms with Gasteiger partial charge in [0, 0.05) is 38.3 Å². The summed E-state index contributed by atoms with van der Waals surface area (Å²) in [5.41, 5.74) is 3.73. The van der Waals surface area contributed by atoms with Crippen molar-refractivity contribution in [3.05, 3.63) is 118 Å². The number of aromatic nitrogens is 1. The number of fused-ring (bicyclic) bond motifs is 1. The molecule has 4 aromatic carbocycles. The van der Waals surface area contributed by atoms with Crippen LogP contribution in [0.3, 0.4) is 0 Å². The van der Waals surface area contributed by atoms with Gasteiger partial charge in [-0.05, 0) is 53.9 Å². The Morgan fingerprint density at radius 3 is 2.24 bits per heavy atom. The van der Waals surface area contributed by atoms with E-state index in [0.717, 1.165) is 22.8 Å². The van der Waals surface area contributed by atoms with Crippen LogP contribution in [0.4, 0.5) is 13.2 Å². The van der Waals surface area contributed by atoms with Crippen molar-refractivity contribution in [3.63, 3.8) is 0 Å². The monoisotopic (exact) mass is 537 g/mol. The molecule has 0 saturated heterocycles. The molecule has 37 heavy (non-hydrogen) atoms. The molecule has 1 heterocycles. The van der Waals surface area contributed by atoms with Gasteiger partial charge in [-0.3, -0.25) is 4.98 Å². The molecule has 0 fully saturated rings. The van der Waals surface area contributed by atoms with Crippen LogP contribution in [0, 0.1) is 6.92 Å². The van der Waals surface area contributed by atoms with E-state index in [2.05, 4.69) is 4.98 Å². The summed E-state index contributed by atoms with van der Waals surface area (Å²) in [5, 5.41) is 1.39. The normalized spacial score (nSPS) is 11.6. The molecule has 0 spiro atoms. The lowest BCUT2D eigenvalue weighted by molar-refractivity contribution is -0.136. The average Bonchev–Trinajstić information content (AvgIpc) is 2.87. The topological polar surface area (TPSA) is 22.1 Å². The number of aryl methyl sites for hydroxylation is 1. The summed E-state index contributed by atoms with van der Waals surface area (Å²) in [4.78, 5) is 4.29. The van der Waals surface area contributed by atoms with E-state index < -0.39 is 11.7 Å². The number of hydrogen-bond acceptors (Lipinski definition) is 2. The average molecular weight is 538 g/mol. The van der Waals surface area contributed by atoms with E-state index in [9.17, 15) is 13.2 Å². The Hall–Kier alpha value is -3.54. The highest BCUT2D eigenvalue weighted by Crippen LogP contribution is 2.42. The Morgan fingerprint density at radius 1 is 0.811 bits per heavy atom. The summed E-state index contributed by atoms with van der Waals surface area (Å²) in [7, 11) is 0. The fraction of sp³-hybridized carbons (Fsp3) is 0.100. The van der Waals surface area contributed by atoms with E-state index in [1.807, 2.05) is 43.3 Å². The predicted octanol–water partition coefficient (Wildman–Crippen LogP) is 9.78. The van der Waals surface area contributed by atoms with Gasteiger partial charge in [0.25, 0.3) is 0 Å². The number of hydrogen-bond donors (Lipinski definition) is 0. The fourth-order valence-electron chi connectivity index (χ4n) is 4.41. The number of pyridine rings is 1. The van der Waals surface area contributed by atoms with Crippen LogP contribution in [-0.4, -0.2) is 4.98 Å². The first-order valence-electron chi connectivity index (χ1n) is 11.4. The summed E-state index contributed by atoms with van der Waals surface area (Å²) in [6.45, 7) is 2.10. The summed E-state index contributed by atoms with van der Waals surface area (Å²) in [6, 6.07) is 24.3. The summed E-state index contributed by atoms with van der Waals surface area (Å²) >= 11 is 12.6. The summed E-state index contributed by atoms with van der Waals surface area (Å²) < 4.78 is 47.6. The highest BCUT2D eigenvalue weighted by Gasteiger charge is 2.33. The van der Waals surface area contributed by atoms with Gasteiger partial charge >= 0.3 is 6.18 Å². The van der Waals surface area contributed by atoms with E-state index >= 15 is 0 Å². The highest BCUT2D eigenvalue weighted by molar-refractivity contribution is 6.35. The fourth-order valence-corrected chi connectivity index (χ4v) is 4.92. The highest BCUT2D eigenvalue weighted by atomic mass is 35.5. The van der Waals surface area contributed by atoms with Crippen molar-refractivity contribution in [2.45, 2.75) is 19.7 Å². The van der Waals surface area contributed by atoms with Crippen LogP contribution in [0.1, 0.15) is 16.7 Å². The summed E-state index contributed by atoms with van der Waals surface area (Å²) in [5.74, 6) is 0.529. The third-order valence-electron chi connectivity index (χ3n) is 6.21. The number of alkyl halides is 3. The molecule has 0 saturated carbocycles. The molecule has 5 aromatic rings. The predicted molar refractivity (Wildman–Crippen MR) is 143 cm³/mol. The molecule has 186 valence electrons. The summed E-state index contributed by atoms with van der Waals surface area (Å²) in [6.07, 6.45) is -3.01. The van der Waals surface area contributed by atoms with Crippen LogP contribution in [0.5, 0.6) is 5.75 Å². The van der Waals surface area contributed by atoms with E-state index in [-0.39, 0.29) is 12.1 Å². The maximum atomic E-state index is 13.8. The van der Waals surface area contributed by atoms with Crippen LogP contribution < -0.4 is 4.74 Å². The lowest BCUT2D eigenvalue weighted by Gasteiger charge is -2.18. The van der Waals surface area contributed by atoms with Crippen molar-refractivity contribution >= 4 is 34.1 Å². The second-order valence-electron chi connectivity index (χ2n) is 8.58. The zero-order valence-electron chi connectivity index (χ0n) is 19.6. The minimum atomic E-state index is -4.53. The van der Waals surface area contributed by atoms with Crippen molar-refractivity contribution < 1.29 is 17.9 Å². The molecule has 0 aliphatic heterocycles. The Balaban J connectivity index is 1.68. The molecule has 0 radical (unpaired) electrons. The number of para-hydroxylation sites is 1. The minimum absolute atomic E-state index is 0.100. The Morgan fingerprint density at radius 2 is 1.51 bits per heavy atom. The van der Waals surface area contributed by atoms with Gasteiger partial charge < -0.3 is 4.74 Å². The third kappa shape index (κ3) is 5.02. The smallest absolute Gasteiger partial charge is 0.418 e. The van der Waals surface area contributed by atoms with E-state index in [1.165, 1.54) is 12.3 Å². The SMILES string of the molecule is Cc1ccccc1-c1cnc2c(C(F)(F)F)cccc2c1-c1cccc(OCc2c(Cl)cccc2Cl)c1. The zero-order valence-corrected chi connectivity index (χ0v) is 21.1. The van der Waals surface area contributed by atoms with Crippen LogP contribution in [0.15, 0.2) is 91.1 Å². The first-order valence-corrected chi connectivity index (χ1v) is 12.2.